The molecule has 0 radical (unpaired) electrons. The second-order valence-corrected chi connectivity index (χ2v) is 8.39. The van der Waals surface area contributed by atoms with Crippen molar-refractivity contribution in [1.82, 2.24) is 20.0 Å². The quantitative estimate of drug-likeness (QED) is 0.548. The number of benzene rings is 2. The zero-order chi connectivity index (χ0) is 22.1. The van der Waals surface area contributed by atoms with Gasteiger partial charge in [-0.2, -0.15) is 17.9 Å². The number of hydrogen-bond acceptors (Lipinski definition) is 4. The predicted molar refractivity (Wildman–Crippen MR) is 104 cm³/mol. The van der Waals surface area contributed by atoms with E-state index in [4.69, 9.17) is 0 Å². The molecule has 0 bridgehead atoms. The fourth-order valence-corrected chi connectivity index (χ4v) is 4.30. The number of amides is 1. The average molecular weight is 440 g/mol. The lowest BCUT2D eigenvalue weighted by molar-refractivity contribution is -0.139. The maximum Gasteiger partial charge on any atom is 0.417 e. The van der Waals surface area contributed by atoms with E-state index < -0.39 is 44.6 Å². The van der Waals surface area contributed by atoms with E-state index in [1.54, 1.807) is 13.0 Å². The molecule has 30 heavy (non-hydrogen) atoms. The van der Waals surface area contributed by atoms with Crippen LogP contribution >= 0.6 is 0 Å². The summed E-state index contributed by atoms with van der Waals surface area (Å²) in [7, 11) is -4.59. The number of sulfonamides is 1. The van der Waals surface area contributed by atoms with Gasteiger partial charge in [0.15, 0.2) is 0 Å². The minimum Gasteiger partial charge on any atom is -0.345 e. The molecule has 2 aromatic carbocycles. The smallest absolute Gasteiger partial charge is 0.345 e. The molecule has 0 aliphatic rings. The molecular weight excluding hydrogens is 421 g/mol. The van der Waals surface area contributed by atoms with Crippen molar-refractivity contribution in [3.8, 4) is 0 Å². The second-order valence-electron chi connectivity index (χ2n) is 6.71. The number of halogens is 3. The summed E-state index contributed by atoms with van der Waals surface area (Å²) in [4.78, 5) is 18.9. The van der Waals surface area contributed by atoms with Crippen LogP contribution < -0.4 is 10.0 Å². The van der Waals surface area contributed by atoms with Gasteiger partial charge in [-0.05, 0) is 38.1 Å². The molecule has 1 amide bonds. The highest BCUT2D eigenvalue weighted by Gasteiger charge is 2.37. The highest BCUT2D eigenvalue weighted by Crippen LogP contribution is 2.33. The van der Waals surface area contributed by atoms with Crippen molar-refractivity contribution >= 4 is 27.0 Å². The lowest BCUT2D eigenvalue weighted by atomic mass is 10.2. The van der Waals surface area contributed by atoms with Crippen molar-refractivity contribution in [3.63, 3.8) is 0 Å². The van der Waals surface area contributed by atoms with Crippen LogP contribution in [0.3, 0.4) is 0 Å². The van der Waals surface area contributed by atoms with Crippen molar-refractivity contribution in [2.75, 3.05) is 0 Å². The normalized spacial score (nSPS) is 14.4. The fraction of sp³-hybridized carbons (Fsp3) is 0.263. The van der Waals surface area contributed by atoms with Gasteiger partial charge < -0.3 is 10.3 Å². The van der Waals surface area contributed by atoms with E-state index in [2.05, 4.69) is 15.3 Å². The largest absolute Gasteiger partial charge is 0.417 e. The van der Waals surface area contributed by atoms with Gasteiger partial charge in [0.1, 0.15) is 5.82 Å². The summed E-state index contributed by atoms with van der Waals surface area (Å²) >= 11 is 0. The monoisotopic (exact) mass is 440 g/mol. The van der Waals surface area contributed by atoms with Crippen molar-refractivity contribution in [2.24, 2.45) is 0 Å². The van der Waals surface area contributed by atoms with Crippen LogP contribution in [0.25, 0.3) is 11.0 Å². The third-order valence-corrected chi connectivity index (χ3v) is 5.98. The Morgan fingerprint density at radius 2 is 1.70 bits per heavy atom. The van der Waals surface area contributed by atoms with Gasteiger partial charge >= 0.3 is 6.18 Å². The number of rotatable bonds is 6. The Labute approximate surface area is 170 Å². The van der Waals surface area contributed by atoms with E-state index in [9.17, 15) is 26.4 Å². The van der Waals surface area contributed by atoms with Crippen molar-refractivity contribution in [2.45, 2.75) is 37.0 Å². The van der Waals surface area contributed by atoms with Gasteiger partial charge in [-0.1, -0.05) is 24.3 Å². The fourth-order valence-electron chi connectivity index (χ4n) is 2.87. The van der Waals surface area contributed by atoms with Crippen LogP contribution in [0.1, 0.15) is 31.3 Å². The van der Waals surface area contributed by atoms with Crippen LogP contribution in [0.4, 0.5) is 13.2 Å². The summed E-state index contributed by atoms with van der Waals surface area (Å²) in [5.74, 6) is -0.252. The van der Waals surface area contributed by atoms with Crippen LogP contribution in [-0.4, -0.2) is 30.3 Å². The number of carbonyl (C=O) groups excluding carboxylic acids is 1. The summed E-state index contributed by atoms with van der Waals surface area (Å²) in [6.45, 7) is 2.89. The van der Waals surface area contributed by atoms with E-state index >= 15 is 0 Å². The molecule has 11 heteroatoms. The molecule has 0 unspecified atom stereocenters. The van der Waals surface area contributed by atoms with Crippen LogP contribution in [0.15, 0.2) is 53.4 Å². The van der Waals surface area contributed by atoms with E-state index in [0.29, 0.717) is 17.4 Å². The predicted octanol–water partition coefficient (Wildman–Crippen LogP) is 3.13. The van der Waals surface area contributed by atoms with Crippen LogP contribution in [0.5, 0.6) is 0 Å². The van der Waals surface area contributed by atoms with Gasteiger partial charge in [0, 0.05) is 0 Å². The number of aromatic amines is 1. The highest BCUT2D eigenvalue weighted by molar-refractivity contribution is 7.89. The topological polar surface area (TPSA) is 104 Å². The van der Waals surface area contributed by atoms with Gasteiger partial charge in [0.2, 0.25) is 15.9 Å². The molecule has 0 aliphatic heterocycles. The number of H-pyrrole nitrogens is 1. The summed E-state index contributed by atoms with van der Waals surface area (Å²) in [6, 6.07) is 9.12. The Morgan fingerprint density at radius 3 is 2.37 bits per heavy atom. The first-order chi connectivity index (χ1) is 14.0. The molecule has 0 saturated heterocycles. The molecule has 3 aromatic rings. The Morgan fingerprint density at radius 1 is 1.07 bits per heavy atom. The second kappa shape index (κ2) is 8.07. The molecule has 0 saturated carbocycles. The minimum atomic E-state index is -4.85. The van der Waals surface area contributed by atoms with Crippen LogP contribution in [0.2, 0.25) is 0 Å². The maximum absolute atomic E-state index is 13.1. The molecule has 0 aliphatic carbocycles. The number of alkyl halides is 3. The molecule has 7 nitrogen and oxygen atoms in total. The first-order valence-electron chi connectivity index (χ1n) is 8.92. The Hall–Kier alpha value is -2.92. The van der Waals surface area contributed by atoms with Gasteiger partial charge in [-0.3, -0.25) is 4.79 Å². The molecule has 3 N–H and O–H groups in total. The molecule has 160 valence electrons. The number of hydrogen-bond donors (Lipinski definition) is 3. The van der Waals surface area contributed by atoms with Gasteiger partial charge in [-0.15, -0.1) is 0 Å². The number of carbonyl (C=O) groups is 1. The lowest BCUT2D eigenvalue weighted by Gasteiger charge is -2.19. The summed E-state index contributed by atoms with van der Waals surface area (Å²) in [6.07, 6.45) is -4.85. The number of aromatic nitrogens is 2. The average Bonchev–Trinajstić information content (AvgIpc) is 3.11. The van der Waals surface area contributed by atoms with Gasteiger partial charge in [-0.25, -0.2) is 13.4 Å². The standard InChI is InChI=1S/C19H19F3N4O3S/c1-11(17-24-14-8-4-5-9-15(14)25-17)23-18(27)12(2)26-30(28,29)16-10-6-3-7-13(16)19(20,21)22/h3-12,26H,1-2H3,(H,23,27)(H,24,25)/t11-,12-/m0/s1. The van der Waals surface area contributed by atoms with E-state index in [1.165, 1.54) is 13.0 Å². The Bertz CT molecular complexity index is 1140. The number of nitrogens with zero attached hydrogens (tertiary/aromatic N) is 1. The van der Waals surface area contributed by atoms with Gasteiger partial charge in [0.25, 0.3) is 0 Å². The Balaban J connectivity index is 1.73. The lowest BCUT2D eigenvalue weighted by Crippen LogP contribution is -2.45. The first kappa shape index (κ1) is 21.8. The number of fused-ring (bicyclic) bond motifs is 1. The molecule has 2 atom stereocenters. The maximum atomic E-state index is 13.1. The molecule has 1 heterocycles. The number of para-hydroxylation sites is 2. The summed E-state index contributed by atoms with van der Waals surface area (Å²) in [5.41, 5.74) is 0.165. The molecule has 1 aromatic heterocycles. The zero-order valence-electron chi connectivity index (χ0n) is 16.0. The molecule has 0 fully saturated rings. The Kier molecular flexibility index (Phi) is 5.86. The van der Waals surface area contributed by atoms with E-state index in [-0.39, 0.29) is 0 Å². The first-order valence-corrected chi connectivity index (χ1v) is 10.4. The summed E-state index contributed by atoms with van der Waals surface area (Å²) < 4.78 is 66.4. The van der Waals surface area contributed by atoms with Crippen LogP contribution in [0, 0.1) is 0 Å². The van der Waals surface area contributed by atoms with Gasteiger partial charge in [0.05, 0.1) is 33.6 Å². The van der Waals surface area contributed by atoms with E-state index in [0.717, 1.165) is 17.6 Å². The zero-order valence-corrected chi connectivity index (χ0v) is 16.8. The third-order valence-electron chi connectivity index (χ3n) is 4.38. The van der Waals surface area contributed by atoms with Crippen molar-refractivity contribution < 1.29 is 26.4 Å². The summed E-state index contributed by atoms with van der Waals surface area (Å²) in [5, 5.41) is 2.59. The van der Waals surface area contributed by atoms with Crippen LogP contribution in [-0.2, 0) is 21.0 Å². The minimum absolute atomic E-state index is 0.460. The molecular formula is C19H19F3N4O3S. The molecule has 0 spiro atoms. The number of imidazole rings is 1. The SMILES string of the molecule is C[C@H](NS(=O)(=O)c1ccccc1C(F)(F)F)C(=O)N[C@@H](C)c1nc2ccccc2[nH]1. The molecule has 3 rings (SSSR count). The van der Waals surface area contributed by atoms with E-state index in [1.807, 2.05) is 22.9 Å². The third kappa shape index (κ3) is 4.62. The highest BCUT2D eigenvalue weighted by atomic mass is 32.2. The van der Waals surface area contributed by atoms with Crippen molar-refractivity contribution in [3.05, 3.63) is 59.9 Å². The number of nitrogens with one attached hydrogen (secondary N) is 3. The van der Waals surface area contributed by atoms with Crippen molar-refractivity contribution in [1.29, 1.82) is 0 Å².